The van der Waals surface area contributed by atoms with Gasteiger partial charge in [0.2, 0.25) is 0 Å². The Bertz CT molecular complexity index is 1250. The first-order valence-corrected chi connectivity index (χ1v) is 9.90. The molecule has 30 heavy (non-hydrogen) atoms. The van der Waals surface area contributed by atoms with E-state index in [0.29, 0.717) is 17.1 Å². The summed E-state index contributed by atoms with van der Waals surface area (Å²) in [7, 11) is 0. The molecular formula is C22H19F2N5O. The van der Waals surface area contributed by atoms with Crippen molar-refractivity contribution in [2.24, 2.45) is 0 Å². The number of hydrogen-bond donors (Lipinski definition) is 1. The minimum absolute atomic E-state index is 0.251. The van der Waals surface area contributed by atoms with E-state index in [4.69, 9.17) is 4.98 Å². The Morgan fingerprint density at radius 3 is 2.87 bits per heavy atom. The monoisotopic (exact) mass is 407 g/mol. The van der Waals surface area contributed by atoms with Gasteiger partial charge in [-0.3, -0.25) is 4.79 Å². The zero-order valence-corrected chi connectivity index (χ0v) is 16.1. The van der Waals surface area contributed by atoms with E-state index in [2.05, 4.69) is 27.5 Å². The average Bonchev–Trinajstić information content (AvgIpc) is 3.13. The van der Waals surface area contributed by atoms with Crippen LogP contribution in [0.1, 0.15) is 41.2 Å². The van der Waals surface area contributed by atoms with Crippen molar-refractivity contribution in [1.29, 1.82) is 0 Å². The van der Waals surface area contributed by atoms with Crippen LogP contribution in [-0.2, 0) is 0 Å². The van der Waals surface area contributed by atoms with Crippen molar-refractivity contribution in [3.63, 3.8) is 0 Å². The van der Waals surface area contributed by atoms with Gasteiger partial charge in [-0.1, -0.05) is 6.42 Å². The largest absolute Gasteiger partial charge is 0.346 e. The number of aromatic nitrogens is 4. The molecule has 1 amide bonds. The fraction of sp³-hybridized carbons (Fsp3) is 0.273. The summed E-state index contributed by atoms with van der Waals surface area (Å²) in [6, 6.07) is 9.76. The highest BCUT2D eigenvalue weighted by Crippen LogP contribution is 2.36. The van der Waals surface area contributed by atoms with Crippen molar-refractivity contribution in [2.75, 3.05) is 6.54 Å². The third-order valence-electron chi connectivity index (χ3n) is 5.64. The number of fused-ring (bicyclic) bond motifs is 2. The molecule has 0 radical (unpaired) electrons. The number of rotatable bonds is 5. The molecule has 0 aliphatic heterocycles. The van der Waals surface area contributed by atoms with E-state index >= 15 is 0 Å². The van der Waals surface area contributed by atoms with E-state index in [0.717, 1.165) is 22.2 Å². The first-order chi connectivity index (χ1) is 14.6. The Kier molecular flexibility index (Phi) is 4.61. The molecule has 0 atom stereocenters. The number of amides is 1. The van der Waals surface area contributed by atoms with Gasteiger partial charge in [-0.25, -0.2) is 23.3 Å². The van der Waals surface area contributed by atoms with Crippen LogP contribution in [-0.4, -0.2) is 38.5 Å². The second-order valence-corrected chi connectivity index (χ2v) is 7.50. The molecule has 1 aliphatic rings. The lowest BCUT2D eigenvalue weighted by atomic mass is 9.82. The first kappa shape index (κ1) is 18.6. The van der Waals surface area contributed by atoms with Gasteiger partial charge in [-0.05, 0) is 54.3 Å². The zero-order chi connectivity index (χ0) is 20.7. The van der Waals surface area contributed by atoms with Crippen molar-refractivity contribution < 1.29 is 13.6 Å². The summed E-state index contributed by atoms with van der Waals surface area (Å²) >= 11 is 0. The molecule has 1 aliphatic carbocycles. The predicted octanol–water partition coefficient (Wildman–Crippen LogP) is 4.21. The second kappa shape index (κ2) is 7.44. The standard InChI is InChI=1S/C22H19F2N5O/c23-20(24)12-26-22(30)17-11-27-29-9-7-14(10-19(17)29)15-6-8-25-21-16(15)4-5-18(28-21)13-2-1-3-13/h4-11,13,20H,1-3,12H2,(H,26,30). The summed E-state index contributed by atoms with van der Waals surface area (Å²) in [5, 5.41) is 7.31. The van der Waals surface area contributed by atoms with E-state index in [9.17, 15) is 13.6 Å². The number of hydrogen-bond acceptors (Lipinski definition) is 4. The predicted molar refractivity (Wildman–Crippen MR) is 109 cm³/mol. The molecule has 1 fully saturated rings. The molecule has 0 aromatic carbocycles. The topological polar surface area (TPSA) is 72.2 Å². The quantitative estimate of drug-likeness (QED) is 0.538. The van der Waals surface area contributed by atoms with Crippen LogP contribution in [0, 0.1) is 0 Å². The Balaban J connectivity index is 1.55. The van der Waals surface area contributed by atoms with Crippen molar-refractivity contribution in [3.05, 3.63) is 60.2 Å². The van der Waals surface area contributed by atoms with Gasteiger partial charge in [0.05, 0.1) is 23.8 Å². The van der Waals surface area contributed by atoms with Crippen LogP contribution in [0.3, 0.4) is 0 Å². The normalized spacial score (nSPS) is 14.4. The number of carbonyl (C=O) groups excluding carboxylic acids is 1. The number of pyridine rings is 3. The molecule has 4 aromatic rings. The van der Waals surface area contributed by atoms with Crippen molar-refractivity contribution >= 4 is 22.5 Å². The van der Waals surface area contributed by atoms with Gasteiger partial charge in [0.25, 0.3) is 12.3 Å². The van der Waals surface area contributed by atoms with E-state index in [1.165, 1.54) is 25.5 Å². The molecule has 0 unspecified atom stereocenters. The van der Waals surface area contributed by atoms with Crippen LogP contribution in [0.2, 0.25) is 0 Å². The van der Waals surface area contributed by atoms with E-state index in [1.54, 1.807) is 16.9 Å². The van der Waals surface area contributed by atoms with Crippen LogP contribution < -0.4 is 5.32 Å². The van der Waals surface area contributed by atoms with Crippen molar-refractivity contribution in [2.45, 2.75) is 31.6 Å². The van der Waals surface area contributed by atoms with Gasteiger partial charge in [-0.2, -0.15) is 5.10 Å². The maximum absolute atomic E-state index is 12.4. The second-order valence-electron chi connectivity index (χ2n) is 7.50. The number of carbonyl (C=O) groups is 1. The smallest absolute Gasteiger partial charge is 0.255 e. The fourth-order valence-corrected chi connectivity index (χ4v) is 3.82. The highest BCUT2D eigenvalue weighted by Gasteiger charge is 2.21. The number of nitrogens with zero attached hydrogens (tertiary/aromatic N) is 4. The lowest BCUT2D eigenvalue weighted by Crippen LogP contribution is -2.28. The summed E-state index contributed by atoms with van der Waals surface area (Å²) in [6.07, 6.45) is 5.85. The van der Waals surface area contributed by atoms with Crippen molar-refractivity contribution in [1.82, 2.24) is 24.9 Å². The van der Waals surface area contributed by atoms with Crippen LogP contribution in [0.4, 0.5) is 8.78 Å². The van der Waals surface area contributed by atoms with Crippen LogP contribution in [0.5, 0.6) is 0 Å². The molecule has 4 aromatic heterocycles. The molecule has 0 saturated heterocycles. The summed E-state index contributed by atoms with van der Waals surface area (Å²) in [4.78, 5) is 21.5. The molecule has 4 heterocycles. The lowest BCUT2D eigenvalue weighted by Gasteiger charge is -2.24. The highest BCUT2D eigenvalue weighted by molar-refractivity contribution is 6.02. The molecule has 0 bridgehead atoms. The first-order valence-electron chi connectivity index (χ1n) is 9.90. The molecule has 1 saturated carbocycles. The number of alkyl halides is 2. The van der Waals surface area contributed by atoms with Gasteiger partial charge in [0, 0.05) is 29.4 Å². The Morgan fingerprint density at radius 2 is 2.10 bits per heavy atom. The van der Waals surface area contributed by atoms with Gasteiger partial charge in [0.1, 0.15) is 0 Å². The molecule has 0 spiro atoms. The third-order valence-corrected chi connectivity index (χ3v) is 5.64. The summed E-state index contributed by atoms with van der Waals surface area (Å²) in [5.74, 6) is -0.0499. The Morgan fingerprint density at radius 1 is 1.23 bits per heavy atom. The summed E-state index contributed by atoms with van der Waals surface area (Å²) < 4.78 is 26.4. The maximum atomic E-state index is 12.4. The highest BCUT2D eigenvalue weighted by atomic mass is 19.3. The molecule has 5 rings (SSSR count). The number of nitrogens with one attached hydrogen (secondary N) is 1. The molecule has 6 nitrogen and oxygen atoms in total. The zero-order valence-electron chi connectivity index (χ0n) is 16.1. The van der Waals surface area contributed by atoms with Crippen LogP contribution >= 0.6 is 0 Å². The summed E-state index contributed by atoms with van der Waals surface area (Å²) in [5.41, 5.74) is 4.39. The molecule has 1 N–H and O–H groups in total. The van der Waals surface area contributed by atoms with Gasteiger partial charge >= 0.3 is 0 Å². The molecular weight excluding hydrogens is 388 g/mol. The minimum atomic E-state index is -2.60. The van der Waals surface area contributed by atoms with Gasteiger partial charge in [-0.15, -0.1) is 0 Å². The molecule has 8 heteroatoms. The average molecular weight is 407 g/mol. The van der Waals surface area contributed by atoms with E-state index in [-0.39, 0.29) is 5.56 Å². The minimum Gasteiger partial charge on any atom is -0.346 e. The fourth-order valence-electron chi connectivity index (χ4n) is 3.82. The Hall–Kier alpha value is -3.42. The summed E-state index contributed by atoms with van der Waals surface area (Å²) in [6.45, 7) is -0.695. The lowest BCUT2D eigenvalue weighted by molar-refractivity contribution is 0.0893. The van der Waals surface area contributed by atoms with E-state index < -0.39 is 18.9 Å². The Labute approximate surface area is 171 Å². The van der Waals surface area contributed by atoms with Crippen LogP contribution in [0.25, 0.3) is 27.7 Å². The molecule has 152 valence electrons. The third kappa shape index (κ3) is 3.28. The maximum Gasteiger partial charge on any atom is 0.255 e. The van der Waals surface area contributed by atoms with E-state index in [1.807, 2.05) is 18.2 Å². The van der Waals surface area contributed by atoms with Gasteiger partial charge in [0.15, 0.2) is 5.65 Å². The van der Waals surface area contributed by atoms with Crippen LogP contribution in [0.15, 0.2) is 48.9 Å². The SMILES string of the molecule is O=C(NCC(F)F)c1cnn2ccc(-c3ccnc4nc(C5CCC5)ccc34)cc12. The number of halogens is 2. The van der Waals surface area contributed by atoms with Crippen molar-refractivity contribution in [3.8, 4) is 11.1 Å². The van der Waals surface area contributed by atoms with Gasteiger partial charge < -0.3 is 5.32 Å².